The summed E-state index contributed by atoms with van der Waals surface area (Å²) in [7, 11) is 1.68. The van der Waals surface area contributed by atoms with Crippen LogP contribution < -0.4 is 9.64 Å². The quantitative estimate of drug-likeness (QED) is 0.768. The zero-order chi connectivity index (χ0) is 17.2. The van der Waals surface area contributed by atoms with Gasteiger partial charge >= 0.3 is 0 Å². The molecule has 1 fully saturated rings. The molecule has 0 spiro atoms. The summed E-state index contributed by atoms with van der Waals surface area (Å²) in [5, 5.41) is 14.5. The van der Waals surface area contributed by atoms with Gasteiger partial charge < -0.3 is 14.7 Å². The summed E-state index contributed by atoms with van der Waals surface area (Å²) in [4.78, 5) is 11.2. The number of ether oxygens (including phenoxy) is 1. The van der Waals surface area contributed by atoms with Gasteiger partial charge in [0.2, 0.25) is 0 Å². The second-order valence-corrected chi connectivity index (χ2v) is 6.15. The van der Waals surface area contributed by atoms with E-state index in [1.54, 1.807) is 24.3 Å². The van der Waals surface area contributed by atoms with Gasteiger partial charge in [0.05, 0.1) is 37.9 Å². The molecule has 130 valence electrons. The molecule has 0 aliphatic carbocycles. The molecule has 0 amide bonds. The molecule has 1 aliphatic heterocycles. The van der Waals surface area contributed by atoms with Crippen molar-refractivity contribution >= 4 is 16.9 Å². The van der Waals surface area contributed by atoms with E-state index >= 15 is 0 Å². The number of anilines is 1. The lowest BCUT2D eigenvalue weighted by Gasteiger charge is -2.26. The number of aliphatic hydroxyl groups excluding tert-OH is 1. The minimum atomic E-state index is 0.0360. The number of hydrogen-bond acceptors (Lipinski definition) is 6. The van der Waals surface area contributed by atoms with Crippen LogP contribution in [0.5, 0.6) is 5.75 Å². The first-order valence-electron chi connectivity index (χ1n) is 8.50. The molecule has 0 bridgehead atoms. The molecule has 1 N–H and O–H groups in total. The summed E-state index contributed by atoms with van der Waals surface area (Å²) < 4.78 is 6.98. The van der Waals surface area contributed by atoms with Crippen molar-refractivity contribution in [2.45, 2.75) is 25.4 Å². The maximum absolute atomic E-state index is 9.19. The van der Waals surface area contributed by atoms with Crippen LogP contribution in [0.4, 0.5) is 5.82 Å². The first kappa shape index (κ1) is 15.8. The monoisotopic (exact) mass is 339 g/mol. The fraction of sp³-hybridized carbons (Fsp3) is 0.389. The van der Waals surface area contributed by atoms with E-state index in [1.807, 2.05) is 12.1 Å². The molecule has 3 aromatic rings. The van der Waals surface area contributed by atoms with E-state index in [-0.39, 0.29) is 12.6 Å². The van der Waals surface area contributed by atoms with Crippen molar-refractivity contribution < 1.29 is 9.84 Å². The van der Waals surface area contributed by atoms with Crippen LogP contribution in [0, 0.1) is 0 Å². The van der Waals surface area contributed by atoms with Crippen LogP contribution in [0.2, 0.25) is 0 Å². The Morgan fingerprint density at radius 2 is 2.08 bits per heavy atom. The highest BCUT2D eigenvalue weighted by atomic mass is 16.5. The topological polar surface area (TPSA) is 76.3 Å². The van der Waals surface area contributed by atoms with Crippen molar-refractivity contribution in [3.05, 3.63) is 42.4 Å². The van der Waals surface area contributed by atoms with Gasteiger partial charge in [-0.3, -0.25) is 0 Å². The average molecular weight is 339 g/mol. The van der Waals surface area contributed by atoms with Gasteiger partial charge in [0.25, 0.3) is 0 Å². The largest absolute Gasteiger partial charge is 0.497 e. The predicted octanol–water partition coefficient (Wildman–Crippen LogP) is 2.17. The summed E-state index contributed by atoms with van der Waals surface area (Å²) in [6.45, 7) is 1.42. The highest BCUT2D eigenvalue weighted by molar-refractivity contribution is 5.87. The molecule has 1 aromatic carbocycles. The van der Waals surface area contributed by atoms with E-state index in [0.29, 0.717) is 6.54 Å². The van der Waals surface area contributed by atoms with Crippen molar-refractivity contribution in [3.8, 4) is 5.75 Å². The van der Waals surface area contributed by atoms with Crippen molar-refractivity contribution in [2.75, 3.05) is 25.2 Å². The minimum Gasteiger partial charge on any atom is -0.497 e. The Hall–Kier alpha value is -2.67. The average Bonchev–Trinajstić information content (AvgIpc) is 3.29. The highest BCUT2D eigenvalue weighted by Crippen LogP contribution is 2.38. The molecule has 1 aliphatic rings. The van der Waals surface area contributed by atoms with E-state index in [9.17, 15) is 5.11 Å². The lowest BCUT2D eigenvalue weighted by molar-refractivity contribution is 0.271. The second kappa shape index (κ2) is 6.68. The van der Waals surface area contributed by atoms with Gasteiger partial charge in [-0.2, -0.15) is 5.10 Å². The summed E-state index contributed by atoms with van der Waals surface area (Å²) in [6, 6.07) is 8.52. The number of benzene rings is 1. The molecule has 0 radical (unpaired) electrons. The number of hydrogen-bond donors (Lipinski definition) is 1. The molecule has 0 saturated carbocycles. The maximum atomic E-state index is 9.19. The maximum Gasteiger partial charge on any atom is 0.163 e. The first-order valence-corrected chi connectivity index (χ1v) is 8.50. The number of aromatic nitrogens is 4. The van der Waals surface area contributed by atoms with Crippen LogP contribution >= 0.6 is 0 Å². The zero-order valence-corrected chi connectivity index (χ0v) is 14.2. The lowest BCUT2D eigenvalue weighted by atomic mass is 10.0. The molecule has 4 rings (SSSR count). The molecule has 1 saturated heterocycles. The van der Waals surface area contributed by atoms with Gasteiger partial charge in [0.1, 0.15) is 17.9 Å². The molecule has 3 heterocycles. The van der Waals surface area contributed by atoms with Gasteiger partial charge in [0.15, 0.2) is 5.65 Å². The number of methoxy groups -OCH3 is 1. The third-order valence-corrected chi connectivity index (χ3v) is 4.75. The Morgan fingerprint density at radius 3 is 2.84 bits per heavy atom. The van der Waals surface area contributed by atoms with E-state index in [2.05, 4.69) is 32.1 Å². The molecular formula is C18H21N5O2. The van der Waals surface area contributed by atoms with E-state index in [1.165, 1.54) is 5.56 Å². The third-order valence-electron chi connectivity index (χ3n) is 4.75. The minimum absolute atomic E-state index is 0.0360. The Bertz CT molecular complexity index is 862. The van der Waals surface area contributed by atoms with E-state index in [0.717, 1.165) is 42.0 Å². The molecule has 7 heteroatoms. The van der Waals surface area contributed by atoms with Gasteiger partial charge in [-0.05, 0) is 30.5 Å². The lowest BCUT2D eigenvalue weighted by Crippen LogP contribution is -2.23. The van der Waals surface area contributed by atoms with Crippen molar-refractivity contribution in [1.29, 1.82) is 0 Å². The fourth-order valence-corrected chi connectivity index (χ4v) is 3.56. The van der Waals surface area contributed by atoms with Gasteiger partial charge in [0, 0.05) is 6.54 Å². The molecule has 25 heavy (non-hydrogen) atoms. The fourth-order valence-electron chi connectivity index (χ4n) is 3.56. The van der Waals surface area contributed by atoms with E-state index < -0.39 is 0 Å². The Balaban J connectivity index is 1.71. The van der Waals surface area contributed by atoms with Gasteiger partial charge in [-0.1, -0.05) is 12.1 Å². The number of rotatable bonds is 5. The Morgan fingerprint density at radius 1 is 1.24 bits per heavy atom. The van der Waals surface area contributed by atoms with Gasteiger partial charge in [-0.15, -0.1) is 0 Å². The number of nitrogens with zero attached hydrogens (tertiary/aromatic N) is 5. The summed E-state index contributed by atoms with van der Waals surface area (Å²) >= 11 is 0. The Kier molecular flexibility index (Phi) is 4.23. The van der Waals surface area contributed by atoms with Crippen molar-refractivity contribution in [2.24, 2.45) is 0 Å². The van der Waals surface area contributed by atoms with Crippen LogP contribution in [0.25, 0.3) is 11.0 Å². The van der Waals surface area contributed by atoms with Crippen LogP contribution in [-0.4, -0.2) is 45.1 Å². The normalized spacial score (nSPS) is 17.4. The number of fused-ring (bicyclic) bond motifs is 1. The van der Waals surface area contributed by atoms with Crippen molar-refractivity contribution in [1.82, 2.24) is 19.7 Å². The predicted molar refractivity (Wildman–Crippen MR) is 94.7 cm³/mol. The van der Waals surface area contributed by atoms with Crippen LogP contribution in [0.1, 0.15) is 24.4 Å². The Labute approximate surface area is 145 Å². The molecular weight excluding hydrogens is 318 g/mol. The highest BCUT2D eigenvalue weighted by Gasteiger charge is 2.29. The molecule has 1 atom stereocenters. The zero-order valence-electron chi connectivity index (χ0n) is 14.2. The summed E-state index contributed by atoms with van der Waals surface area (Å²) in [5.41, 5.74) is 2.02. The van der Waals surface area contributed by atoms with Crippen LogP contribution in [0.3, 0.4) is 0 Å². The molecule has 2 aromatic heterocycles. The van der Waals surface area contributed by atoms with Crippen molar-refractivity contribution in [3.63, 3.8) is 0 Å². The molecule has 1 unspecified atom stereocenters. The second-order valence-electron chi connectivity index (χ2n) is 6.15. The van der Waals surface area contributed by atoms with Gasteiger partial charge in [-0.25, -0.2) is 14.6 Å². The molecule has 7 nitrogen and oxygen atoms in total. The summed E-state index contributed by atoms with van der Waals surface area (Å²) in [6.07, 6.45) is 5.58. The summed E-state index contributed by atoms with van der Waals surface area (Å²) in [5.74, 6) is 1.77. The number of aliphatic hydroxyl groups is 1. The first-order chi connectivity index (χ1) is 12.3. The standard InChI is InChI=1S/C18H21N5O2/c1-25-14-6-4-13(5-7-14)16-3-2-8-22(16)17-15-11-21-23(9-10-24)18(15)20-12-19-17/h4-7,11-12,16,24H,2-3,8-10H2,1H3. The van der Waals surface area contributed by atoms with Crippen LogP contribution in [0.15, 0.2) is 36.8 Å². The smallest absolute Gasteiger partial charge is 0.163 e. The van der Waals surface area contributed by atoms with Crippen LogP contribution in [-0.2, 0) is 6.54 Å². The van der Waals surface area contributed by atoms with E-state index in [4.69, 9.17) is 4.74 Å². The third kappa shape index (κ3) is 2.80. The SMILES string of the molecule is COc1ccc(C2CCCN2c2ncnc3c2cnn3CCO)cc1.